The second kappa shape index (κ2) is 8.11. The van der Waals surface area contributed by atoms with Crippen LogP contribution < -0.4 is 14.8 Å². The van der Waals surface area contributed by atoms with Crippen LogP contribution in [0.25, 0.3) is 0 Å². The maximum Gasteiger partial charge on any atom is 0.180 e. The van der Waals surface area contributed by atoms with Crippen molar-refractivity contribution in [1.29, 1.82) is 0 Å². The average molecular weight is 474 g/mol. The summed E-state index contributed by atoms with van der Waals surface area (Å²) < 4.78 is 11.7. The Morgan fingerprint density at radius 1 is 0.969 bits per heavy atom. The summed E-state index contributed by atoms with van der Waals surface area (Å²) in [5, 5.41) is 5.23. The number of hydrogen-bond acceptors (Lipinski definition) is 3. The number of halogens is 2. The Kier molecular flexibility index (Phi) is 5.67. The molecule has 0 aliphatic heterocycles. The maximum atomic E-state index is 6.65. The van der Waals surface area contributed by atoms with Crippen LogP contribution in [0.15, 0.2) is 36.4 Å². The Morgan fingerprint density at radius 3 is 2.34 bits per heavy atom. The first-order valence-electron chi connectivity index (χ1n) is 11.7. The molecule has 2 atom stereocenters. The van der Waals surface area contributed by atoms with Crippen molar-refractivity contribution in [2.24, 2.45) is 16.7 Å². The van der Waals surface area contributed by atoms with E-state index < -0.39 is 0 Å². The minimum absolute atomic E-state index is 0.252. The molecule has 0 saturated heterocycles. The van der Waals surface area contributed by atoms with Crippen LogP contribution in [0.2, 0.25) is 10.0 Å². The first-order valence-corrected chi connectivity index (χ1v) is 12.4. The van der Waals surface area contributed by atoms with E-state index in [2.05, 4.69) is 19.2 Å². The molecule has 32 heavy (non-hydrogen) atoms. The van der Waals surface area contributed by atoms with Gasteiger partial charge >= 0.3 is 0 Å². The summed E-state index contributed by atoms with van der Waals surface area (Å²) in [5.41, 5.74) is 3.28. The Hall–Kier alpha value is -1.42. The average Bonchev–Trinajstić information content (AvgIpc) is 2.69. The van der Waals surface area contributed by atoms with Crippen LogP contribution in [-0.4, -0.2) is 12.6 Å². The van der Waals surface area contributed by atoms with Crippen molar-refractivity contribution in [1.82, 2.24) is 5.32 Å². The molecule has 4 fully saturated rings. The van der Waals surface area contributed by atoms with E-state index in [1.807, 2.05) is 36.4 Å². The smallest absolute Gasteiger partial charge is 0.180 e. The molecule has 0 spiro atoms. The zero-order valence-corrected chi connectivity index (χ0v) is 20.8. The van der Waals surface area contributed by atoms with Crippen molar-refractivity contribution in [3.63, 3.8) is 0 Å². The molecule has 5 heteroatoms. The molecular formula is C27H33Cl2NO2. The predicted octanol–water partition coefficient (Wildman–Crippen LogP) is 7.42. The van der Waals surface area contributed by atoms with Gasteiger partial charge in [0.05, 0.1) is 12.1 Å². The van der Waals surface area contributed by atoms with E-state index in [4.69, 9.17) is 32.7 Å². The standard InChI is InChI=1S/C27H33Cl2NO2/c1-25-10-19-11-26(2,15-25)17-27(12-19,16-25)30-13-18-8-22(29)24(23(9-18)31-3)32-14-20-6-4-5-7-21(20)28/h4-9,19,30H,10-17H2,1-3H3. The summed E-state index contributed by atoms with van der Waals surface area (Å²) in [6.45, 7) is 6.16. The zero-order chi connectivity index (χ0) is 22.6. The van der Waals surface area contributed by atoms with Crippen LogP contribution in [0.1, 0.15) is 63.5 Å². The lowest BCUT2D eigenvalue weighted by molar-refractivity contribution is -0.118. The van der Waals surface area contributed by atoms with Crippen LogP contribution in [0.4, 0.5) is 0 Å². The summed E-state index contributed by atoms with van der Waals surface area (Å²) in [6, 6.07) is 11.7. The third-order valence-corrected chi connectivity index (χ3v) is 8.56. The molecular weight excluding hydrogens is 441 g/mol. The fourth-order valence-electron chi connectivity index (χ4n) is 7.72. The number of methoxy groups -OCH3 is 1. The van der Waals surface area contributed by atoms with Gasteiger partial charge in [0.25, 0.3) is 0 Å². The molecule has 2 aromatic carbocycles. The lowest BCUT2D eigenvalue weighted by Crippen LogP contribution is -2.63. The second-order valence-electron chi connectivity index (χ2n) is 11.3. The van der Waals surface area contributed by atoms with Gasteiger partial charge in [-0.3, -0.25) is 0 Å². The SMILES string of the molecule is COc1cc(CNC23CC4CC(C)(CC(C)(C4)C2)C3)cc(Cl)c1OCc1ccccc1Cl. The van der Waals surface area contributed by atoms with Gasteiger partial charge in [0, 0.05) is 22.7 Å². The molecule has 0 radical (unpaired) electrons. The summed E-state index contributed by atoms with van der Waals surface area (Å²) in [5.74, 6) is 2.09. The molecule has 4 bridgehead atoms. The molecule has 2 aromatic rings. The minimum atomic E-state index is 0.252. The highest BCUT2D eigenvalue weighted by molar-refractivity contribution is 6.32. The molecule has 4 saturated carbocycles. The number of benzene rings is 2. The fourth-order valence-corrected chi connectivity index (χ4v) is 8.19. The van der Waals surface area contributed by atoms with Crippen LogP contribution in [0, 0.1) is 16.7 Å². The molecule has 1 N–H and O–H groups in total. The predicted molar refractivity (Wildman–Crippen MR) is 131 cm³/mol. The van der Waals surface area contributed by atoms with Gasteiger partial charge in [0.2, 0.25) is 0 Å². The van der Waals surface area contributed by atoms with E-state index in [1.165, 1.54) is 38.5 Å². The highest BCUT2D eigenvalue weighted by atomic mass is 35.5. The Bertz CT molecular complexity index is 1000. The van der Waals surface area contributed by atoms with Crippen molar-refractivity contribution in [3.8, 4) is 11.5 Å². The van der Waals surface area contributed by atoms with Crippen molar-refractivity contribution in [2.75, 3.05) is 7.11 Å². The first-order chi connectivity index (χ1) is 15.2. The number of ether oxygens (including phenoxy) is 2. The topological polar surface area (TPSA) is 30.5 Å². The van der Waals surface area contributed by atoms with E-state index in [0.29, 0.717) is 39.0 Å². The van der Waals surface area contributed by atoms with E-state index >= 15 is 0 Å². The summed E-state index contributed by atoms with van der Waals surface area (Å²) in [7, 11) is 1.66. The fraction of sp³-hybridized carbons (Fsp3) is 0.556. The van der Waals surface area contributed by atoms with Crippen LogP contribution in [0.3, 0.4) is 0 Å². The molecule has 2 unspecified atom stereocenters. The number of hydrogen-bond donors (Lipinski definition) is 1. The van der Waals surface area contributed by atoms with Gasteiger partial charge in [-0.1, -0.05) is 55.2 Å². The highest BCUT2D eigenvalue weighted by Crippen LogP contribution is 2.66. The van der Waals surface area contributed by atoms with Crippen LogP contribution in [0.5, 0.6) is 11.5 Å². The lowest BCUT2D eigenvalue weighted by Gasteiger charge is -2.65. The van der Waals surface area contributed by atoms with Crippen molar-refractivity contribution >= 4 is 23.2 Å². The Morgan fingerprint density at radius 2 is 1.69 bits per heavy atom. The summed E-state index contributed by atoms with van der Waals surface area (Å²) in [4.78, 5) is 0. The Balaban J connectivity index is 1.31. The largest absolute Gasteiger partial charge is 0.493 e. The van der Waals surface area contributed by atoms with Crippen molar-refractivity contribution < 1.29 is 9.47 Å². The summed E-state index contributed by atoms with van der Waals surface area (Å²) >= 11 is 12.9. The Labute approximate surface area is 201 Å². The van der Waals surface area contributed by atoms with Crippen molar-refractivity contribution in [2.45, 2.75) is 71.1 Å². The van der Waals surface area contributed by atoms with E-state index in [0.717, 1.165) is 23.6 Å². The van der Waals surface area contributed by atoms with Gasteiger partial charge in [-0.2, -0.15) is 0 Å². The molecule has 0 heterocycles. The first kappa shape index (κ1) is 22.4. The molecule has 4 aliphatic rings. The van der Waals surface area contributed by atoms with Crippen molar-refractivity contribution in [3.05, 3.63) is 57.6 Å². The molecule has 0 aromatic heterocycles. The molecule has 4 aliphatic carbocycles. The van der Waals surface area contributed by atoms with Gasteiger partial charge in [-0.05, 0) is 79.0 Å². The zero-order valence-electron chi connectivity index (χ0n) is 19.3. The van der Waals surface area contributed by atoms with E-state index in [1.54, 1.807) is 7.11 Å². The van der Waals surface area contributed by atoms with Crippen LogP contribution in [-0.2, 0) is 13.2 Å². The summed E-state index contributed by atoms with van der Waals surface area (Å²) in [6.07, 6.45) is 8.08. The molecule has 3 nitrogen and oxygen atoms in total. The van der Waals surface area contributed by atoms with Gasteiger partial charge in [-0.25, -0.2) is 0 Å². The third kappa shape index (κ3) is 4.24. The van der Waals surface area contributed by atoms with E-state index in [-0.39, 0.29) is 5.54 Å². The second-order valence-corrected chi connectivity index (χ2v) is 12.1. The monoisotopic (exact) mass is 473 g/mol. The lowest BCUT2D eigenvalue weighted by atomic mass is 9.43. The van der Waals surface area contributed by atoms with Gasteiger partial charge in [0.1, 0.15) is 6.61 Å². The van der Waals surface area contributed by atoms with Crippen LogP contribution >= 0.6 is 23.2 Å². The van der Waals surface area contributed by atoms with Gasteiger partial charge < -0.3 is 14.8 Å². The number of rotatable bonds is 7. The highest BCUT2D eigenvalue weighted by Gasteiger charge is 2.59. The van der Waals surface area contributed by atoms with Gasteiger partial charge in [0.15, 0.2) is 11.5 Å². The molecule has 0 amide bonds. The van der Waals surface area contributed by atoms with E-state index in [9.17, 15) is 0 Å². The number of nitrogens with one attached hydrogen (secondary N) is 1. The normalized spacial score (nSPS) is 32.8. The third-order valence-electron chi connectivity index (χ3n) is 7.91. The molecule has 172 valence electrons. The minimum Gasteiger partial charge on any atom is -0.493 e. The van der Waals surface area contributed by atoms with Gasteiger partial charge in [-0.15, -0.1) is 0 Å². The quantitative estimate of drug-likeness (QED) is 0.453. The molecule has 6 rings (SSSR count). The maximum absolute atomic E-state index is 6.65.